The number of hydrogen-bond donors (Lipinski definition) is 7. The summed E-state index contributed by atoms with van der Waals surface area (Å²) in [6.07, 6.45) is 7.27. The summed E-state index contributed by atoms with van der Waals surface area (Å²) in [4.78, 5) is 45.4. The number of carbonyl (C=O) groups is 2. The zero-order valence-corrected chi connectivity index (χ0v) is 41.8. The van der Waals surface area contributed by atoms with Crippen LogP contribution in [0, 0.1) is 23.7 Å². The highest BCUT2D eigenvalue weighted by Crippen LogP contribution is 2.46. The van der Waals surface area contributed by atoms with Gasteiger partial charge in [-0.1, -0.05) is 108 Å². The van der Waals surface area contributed by atoms with Crippen LogP contribution in [0.1, 0.15) is 66.9 Å². The third-order valence-corrected chi connectivity index (χ3v) is 13.9. The lowest BCUT2D eigenvalue weighted by molar-refractivity contribution is 0.0942. The molecular formula is C51H57Cl3N10O5S. The van der Waals surface area contributed by atoms with Crippen molar-refractivity contribution in [1.29, 1.82) is 0 Å². The van der Waals surface area contributed by atoms with Gasteiger partial charge in [0, 0.05) is 68.0 Å². The molecule has 4 aromatic carbocycles. The summed E-state index contributed by atoms with van der Waals surface area (Å²) in [6, 6.07) is 30.1. The number of carbonyl (C=O) groups excluding carboxylic acids is 2. The van der Waals surface area contributed by atoms with Crippen LogP contribution in [-0.2, 0) is 50.2 Å². The summed E-state index contributed by atoms with van der Waals surface area (Å²) >= 11 is 12.4. The second kappa shape index (κ2) is 24.9. The Morgan fingerprint density at radius 1 is 0.657 bits per heavy atom. The molecule has 0 radical (unpaired) electrons. The van der Waals surface area contributed by atoms with E-state index in [2.05, 4.69) is 46.4 Å². The Bertz CT molecular complexity index is 2740. The normalized spacial score (nSPS) is 18.3. The predicted molar refractivity (Wildman–Crippen MR) is 277 cm³/mol. The average molecular weight is 1030 g/mol. The van der Waals surface area contributed by atoms with Gasteiger partial charge in [-0.2, -0.15) is 4.98 Å². The zero-order valence-electron chi connectivity index (χ0n) is 38.6. The minimum absolute atomic E-state index is 0. The Balaban J connectivity index is 0.000000181. The Morgan fingerprint density at radius 3 is 1.56 bits per heavy atom. The van der Waals surface area contributed by atoms with E-state index in [0.29, 0.717) is 64.7 Å². The van der Waals surface area contributed by atoms with Crippen molar-refractivity contribution in [3.05, 3.63) is 164 Å². The lowest BCUT2D eigenvalue weighted by Crippen LogP contribution is -2.27. The van der Waals surface area contributed by atoms with Crippen LogP contribution < -0.4 is 31.5 Å². The number of hydrogen-bond acceptors (Lipinski definition) is 13. The van der Waals surface area contributed by atoms with Gasteiger partial charge in [-0.05, 0) is 95.1 Å². The molecule has 5 unspecified atom stereocenters. The van der Waals surface area contributed by atoms with Gasteiger partial charge in [0.15, 0.2) is 0 Å². The maximum Gasteiger partial charge on any atom is 0.256 e. The molecule has 70 heavy (non-hydrogen) atoms. The number of benzene rings is 4. The van der Waals surface area contributed by atoms with Crippen molar-refractivity contribution in [2.24, 2.45) is 23.7 Å². The quantitative estimate of drug-likeness (QED) is 0.0481. The molecule has 2 saturated carbocycles. The van der Waals surface area contributed by atoms with E-state index in [1.165, 1.54) is 38.4 Å². The summed E-state index contributed by atoms with van der Waals surface area (Å²) < 4.78 is 11.8. The minimum Gasteiger partial charge on any atom is -0.392 e. The van der Waals surface area contributed by atoms with Crippen LogP contribution in [0.2, 0.25) is 10.0 Å². The second-order valence-electron chi connectivity index (χ2n) is 17.6. The van der Waals surface area contributed by atoms with E-state index in [-0.39, 0.29) is 54.0 Å². The molecule has 0 spiro atoms. The molecule has 368 valence electrons. The fourth-order valence-electron chi connectivity index (χ4n) is 8.23. The van der Waals surface area contributed by atoms with Crippen LogP contribution in [-0.4, -0.2) is 78.6 Å². The Morgan fingerprint density at radius 2 is 1.13 bits per heavy atom. The average Bonchev–Trinajstić information content (AvgIpc) is 4.21. The van der Waals surface area contributed by atoms with Gasteiger partial charge in [-0.15, -0.1) is 12.4 Å². The molecule has 2 aliphatic heterocycles. The molecule has 2 amide bonds. The smallest absolute Gasteiger partial charge is 0.256 e. The van der Waals surface area contributed by atoms with Crippen molar-refractivity contribution < 1.29 is 24.0 Å². The first kappa shape index (κ1) is 52.1. The molecule has 19 heteroatoms. The number of nitrogens with zero attached hydrogens (tertiary/aromatic N) is 5. The van der Waals surface area contributed by atoms with Crippen LogP contribution >= 0.6 is 35.6 Å². The monoisotopic (exact) mass is 1030 g/mol. The number of halogens is 3. The number of aliphatic hydroxyl groups excluding tert-OH is 2. The Hall–Kier alpha value is -5.72. The van der Waals surface area contributed by atoms with Gasteiger partial charge in [0.25, 0.3) is 11.8 Å². The van der Waals surface area contributed by atoms with Gasteiger partial charge in [0.1, 0.15) is 22.8 Å². The lowest BCUT2D eigenvalue weighted by Gasteiger charge is -2.20. The van der Waals surface area contributed by atoms with E-state index in [9.17, 15) is 24.0 Å². The van der Waals surface area contributed by atoms with E-state index in [1.807, 2.05) is 78.9 Å². The minimum atomic E-state index is -1.39. The van der Waals surface area contributed by atoms with Crippen LogP contribution in [0.3, 0.4) is 0 Å². The molecule has 2 aromatic heterocycles. The van der Waals surface area contributed by atoms with Crippen LogP contribution in [0.25, 0.3) is 0 Å². The van der Waals surface area contributed by atoms with Crippen LogP contribution in [0.4, 0.5) is 17.6 Å². The molecule has 2 aliphatic carbocycles. The number of amides is 2. The van der Waals surface area contributed by atoms with Gasteiger partial charge in [-0.3, -0.25) is 13.8 Å². The third kappa shape index (κ3) is 14.2. The molecule has 4 aliphatic rings. The Kier molecular flexibility index (Phi) is 18.5. The van der Waals surface area contributed by atoms with E-state index in [0.717, 1.165) is 59.0 Å². The van der Waals surface area contributed by atoms with Crippen molar-refractivity contribution in [2.75, 3.05) is 48.0 Å². The van der Waals surface area contributed by atoms with Gasteiger partial charge in [0.05, 0.1) is 24.0 Å². The second-order valence-corrected chi connectivity index (χ2v) is 19.7. The van der Waals surface area contributed by atoms with Gasteiger partial charge < -0.3 is 41.7 Å². The molecule has 10 rings (SSSR count). The Labute approximate surface area is 426 Å². The number of aliphatic hydroxyl groups is 2. The largest absolute Gasteiger partial charge is 0.392 e. The van der Waals surface area contributed by atoms with Crippen LogP contribution in [0.15, 0.2) is 115 Å². The molecular weight excluding hydrogens is 971 g/mol. The first-order valence-corrected chi connectivity index (χ1v) is 25.3. The van der Waals surface area contributed by atoms with Crippen molar-refractivity contribution in [3.8, 4) is 0 Å². The number of anilines is 3. The first-order chi connectivity index (χ1) is 33.5. The lowest BCUT2D eigenvalue weighted by atomic mass is 10.1. The summed E-state index contributed by atoms with van der Waals surface area (Å²) in [6.45, 7) is 5.87. The molecule has 4 fully saturated rings. The maximum absolute atomic E-state index is 13.0. The number of rotatable bonds is 16. The molecule has 6 aromatic rings. The van der Waals surface area contributed by atoms with E-state index >= 15 is 0 Å². The van der Waals surface area contributed by atoms with E-state index in [4.69, 9.17) is 28.2 Å². The van der Waals surface area contributed by atoms with Crippen molar-refractivity contribution >= 4 is 75.8 Å². The first-order valence-electron chi connectivity index (χ1n) is 23.0. The maximum atomic E-state index is 13.0. The fraction of sp³-hybridized carbons (Fsp3) is 0.333. The van der Waals surface area contributed by atoms with Gasteiger partial charge in [0.2, 0.25) is 11.1 Å². The number of nitrogens with one attached hydrogen (secondary N) is 5. The molecule has 4 heterocycles. The van der Waals surface area contributed by atoms with E-state index in [1.54, 1.807) is 24.4 Å². The molecule has 5 atom stereocenters. The fourth-order valence-corrected chi connectivity index (χ4v) is 9.18. The van der Waals surface area contributed by atoms with Gasteiger partial charge in [-0.25, -0.2) is 15.0 Å². The summed E-state index contributed by atoms with van der Waals surface area (Å²) in [7, 11) is -1.39. The zero-order chi connectivity index (χ0) is 48.3. The van der Waals surface area contributed by atoms with E-state index < -0.39 is 10.8 Å². The summed E-state index contributed by atoms with van der Waals surface area (Å²) in [5, 5.41) is 35.2. The molecule has 7 N–H and O–H groups in total. The van der Waals surface area contributed by atoms with Crippen molar-refractivity contribution in [3.63, 3.8) is 0 Å². The summed E-state index contributed by atoms with van der Waals surface area (Å²) in [5.74, 6) is 4.57. The van der Waals surface area contributed by atoms with Crippen molar-refractivity contribution in [1.82, 2.24) is 35.9 Å². The highest BCUT2D eigenvalue weighted by Gasteiger charge is 2.46. The summed E-state index contributed by atoms with van der Waals surface area (Å²) in [5.41, 5.74) is 5.71. The third-order valence-electron chi connectivity index (χ3n) is 12.5. The topological polar surface area (TPSA) is 207 Å². The number of fused-ring (bicyclic) bond motifs is 2. The number of aromatic nitrogens is 4. The van der Waals surface area contributed by atoms with Crippen LogP contribution in [0.5, 0.6) is 0 Å². The predicted octanol–water partition coefficient (Wildman–Crippen LogP) is 7.17. The standard InChI is InChI=1S/C25H26ClN5O2.C21H21ClN4O3S.C5H9N.ClH/c26-22-8-17(6-7-18(22)15-32)11-27-23-21(24(33)28-10-16-4-2-1-3-5-16)12-29-25(30-23)31-13-19-9-20(19)14-31;1-30(29)21-25-12-17(20(28)24-10-14-5-3-2-4-6-14)19(26-21)23-11-15-7-8-16(13-27)18(22)9-15;1-4-2-6-3-5(1)4;/h1-8,12,19-20,32H,9-11,13-15H2,(H,28,33)(H,27,29,30);2-9,12,27H,10-11,13H2,1H3,(H,24,28)(H,23,25,26);4-6H,1-3H2;1H. The highest BCUT2D eigenvalue weighted by molar-refractivity contribution is 7.84. The SMILES string of the molecule is C1NCC2CC12.CS(=O)c1ncc(C(=O)NCc2ccccc2)c(NCc2ccc(CO)c(Cl)c2)n1.Cl.O=C(NCc1ccccc1)c1cnc(N2CC3CC3C2)nc1NCc1ccc(CO)c(Cl)c1. The highest BCUT2D eigenvalue weighted by atomic mass is 35.5. The number of piperidine rings is 2. The molecule has 2 saturated heterocycles. The molecule has 15 nitrogen and oxygen atoms in total. The van der Waals surface area contributed by atoms with Crippen molar-refractivity contribution in [2.45, 2.75) is 57.4 Å². The molecule has 0 bridgehead atoms. The van der Waals surface area contributed by atoms with Gasteiger partial charge >= 0.3 is 0 Å².